The van der Waals surface area contributed by atoms with E-state index in [4.69, 9.17) is 4.74 Å². The zero-order valence-electron chi connectivity index (χ0n) is 15.4. The maximum atomic E-state index is 12.9. The Hall–Kier alpha value is -2.83. The molecule has 0 unspecified atom stereocenters. The predicted molar refractivity (Wildman–Crippen MR) is 98.6 cm³/mol. The van der Waals surface area contributed by atoms with E-state index < -0.39 is 5.97 Å². The fourth-order valence-electron chi connectivity index (χ4n) is 3.31. The molecule has 7 nitrogen and oxygen atoms in total. The van der Waals surface area contributed by atoms with E-state index in [1.165, 1.54) is 0 Å². The Labute approximate surface area is 153 Å². The number of nitrogens with zero attached hydrogens (tertiary/aromatic N) is 3. The molecule has 0 bridgehead atoms. The van der Waals surface area contributed by atoms with E-state index in [2.05, 4.69) is 14.9 Å². The number of aryl methyl sites for hydroxylation is 1. The van der Waals surface area contributed by atoms with Gasteiger partial charge in [0.05, 0.1) is 12.2 Å². The van der Waals surface area contributed by atoms with Gasteiger partial charge in [0.15, 0.2) is 0 Å². The maximum Gasteiger partial charge on any atom is 0.340 e. The number of piperazine rings is 1. The van der Waals surface area contributed by atoms with Gasteiger partial charge >= 0.3 is 5.97 Å². The highest BCUT2D eigenvalue weighted by atomic mass is 16.5. The summed E-state index contributed by atoms with van der Waals surface area (Å²) in [5, 5.41) is 0. The number of ether oxygens (including phenoxy) is 1. The number of carbonyl (C=O) groups is 2. The third kappa shape index (κ3) is 3.42. The van der Waals surface area contributed by atoms with Gasteiger partial charge in [-0.2, -0.15) is 0 Å². The largest absolute Gasteiger partial charge is 0.462 e. The lowest BCUT2D eigenvalue weighted by atomic mass is 10.1. The number of nitrogens with one attached hydrogen (secondary N) is 1. The highest BCUT2D eigenvalue weighted by Crippen LogP contribution is 2.21. The first-order chi connectivity index (χ1) is 12.5. The van der Waals surface area contributed by atoms with E-state index in [-0.39, 0.29) is 5.91 Å². The smallest absolute Gasteiger partial charge is 0.340 e. The van der Waals surface area contributed by atoms with Crippen molar-refractivity contribution in [2.24, 2.45) is 0 Å². The Kier molecular flexibility index (Phi) is 5.25. The van der Waals surface area contributed by atoms with Gasteiger partial charge in [0.1, 0.15) is 11.5 Å². The number of aromatic nitrogens is 2. The van der Waals surface area contributed by atoms with Gasteiger partial charge in [-0.25, -0.2) is 9.78 Å². The van der Waals surface area contributed by atoms with E-state index in [0.29, 0.717) is 42.2 Å². The molecular weight excluding hydrogens is 332 g/mol. The molecule has 26 heavy (non-hydrogen) atoms. The minimum absolute atomic E-state index is 0.0816. The molecule has 1 saturated heterocycles. The van der Waals surface area contributed by atoms with Crippen LogP contribution >= 0.6 is 0 Å². The lowest BCUT2D eigenvalue weighted by Crippen LogP contribution is -2.49. The molecule has 2 aromatic heterocycles. The Morgan fingerprint density at radius 1 is 1.19 bits per heavy atom. The predicted octanol–water partition coefficient (Wildman–Crippen LogP) is 2.17. The minimum atomic E-state index is -0.391. The first-order valence-electron chi connectivity index (χ1n) is 8.84. The lowest BCUT2D eigenvalue weighted by Gasteiger charge is -2.35. The highest BCUT2D eigenvalue weighted by molar-refractivity contribution is 6.00. The summed E-state index contributed by atoms with van der Waals surface area (Å²) in [6, 6.07) is 5.82. The minimum Gasteiger partial charge on any atom is -0.462 e. The van der Waals surface area contributed by atoms with Crippen LogP contribution in [0.15, 0.2) is 24.4 Å². The molecule has 138 valence electrons. The number of amides is 1. The summed E-state index contributed by atoms with van der Waals surface area (Å²) in [6.45, 7) is 8.33. The molecule has 3 heterocycles. The van der Waals surface area contributed by atoms with E-state index in [1.54, 1.807) is 27.0 Å². The van der Waals surface area contributed by atoms with Crippen LogP contribution < -0.4 is 4.90 Å². The van der Waals surface area contributed by atoms with E-state index in [9.17, 15) is 9.59 Å². The quantitative estimate of drug-likeness (QED) is 0.850. The van der Waals surface area contributed by atoms with Crippen molar-refractivity contribution >= 4 is 17.7 Å². The molecule has 0 aromatic carbocycles. The maximum absolute atomic E-state index is 12.9. The summed E-state index contributed by atoms with van der Waals surface area (Å²) >= 11 is 0. The summed E-state index contributed by atoms with van der Waals surface area (Å²) in [4.78, 5) is 36.5. The summed E-state index contributed by atoms with van der Waals surface area (Å²) < 4.78 is 5.09. The van der Waals surface area contributed by atoms with Gasteiger partial charge < -0.3 is 19.5 Å². The van der Waals surface area contributed by atoms with Crippen molar-refractivity contribution in [1.29, 1.82) is 0 Å². The third-order valence-corrected chi connectivity index (χ3v) is 4.67. The van der Waals surface area contributed by atoms with Gasteiger partial charge in [0.25, 0.3) is 5.91 Å². The molecule has 2 aromatic rings. The first-order valence-corrected chi connectivity index (χ1v) is 8.84. The van der Waals surface area contributed by atoms with Crippen molar-refractivity contribution in [3.05, 3.63) is 46.9 Å². The van der Waals surface area contributed by atoms with Gasteiger partial charge in [-0.05, 0) is 38.5 Å². The van der Waals surface area contributed by atoms with Crippen LogP contribution in [0.25, 0.3) is 0 Å². The Morgan fingerprint density at radius 3 is 2.54 bits per heavy atom. The first kappa shape index (κ1) is 18.0. The summed E-state index contributed by atoms with van der Waals surface area (Å²) in [5.41, 5.74) is 2.24. The van der Waals surface area contributed by atoms with E-state index in [1.807, 2.05) is 23.1 Å². The Morgan fingerprint density at radius 2 is 1.92 bits per heavy atom. The van der Waals surface area contributed by atoms with Crippen molar-refractivity contribution < 1.29 is 14.3 Å². The molecule has 0 saturated carbocycles. The number of esters is 1. The lowest BCUT2D eigenvalue weighted by molar-refractivity contribution is 0.0525. The number of hydrogen-bond donors (Lipinski definition) is 1. The van der Waals surface area contributed by atoms with Crippen LogP contribution in [0.4, 0.5) is 5.82 Å². The van der Waals surface area contributed by atoms with Gasteiger partial charge in [-0.3, -0.25) is 4.79 Å². The summed E-state index contributed by atoms with van der Waals surface area (Å²) in [5.74, 6) is 0.454. The molecule has 0 radical (unpaired) electrons. The second kappa shape index (κ2) is 7.59. The Balaban J connectivity index is 1.71. The van der Waals surface area contributed by atoms with Crippen LogP contribution in [0.5, 0.6) is 0 Å². The van der Waals surface area contributed by atoms with Crippen molar-refractivity contribution in [2.45, 2.75) is 20.8 Å². The fraction of sp³-hybridized carbons (Fsp3) is 0.421. The standard InChI is InChI=1S/C19H24N4O3/c1-4-26-19(25)16-13(2)17(21-14(16)3)18(24)23-11-9-22(10-12-23)15-7-5-6-8-20-15/h5-8,21H,4,9-12H2,1-3H3. The molecule has 1 aliphatic rings. The Bertz CT molecular complexity index is 793. The van der Waals surface area contributed by atoms with Crippen LogP contribution in [-0.2, 0) is 4.74 Å². The zero-order valence-corrected chi connectivity index (χ0v) is 15.4. The van der Waals surface area contributed by atoms with Gasteiger partial charge in [-0.1, -0.05) is 6.07 Å². The monoisotopic (exact) mass is 356 g/mol. The van der Waals surface area contributed by atoms with Gasteiger partial charge in [0, 0.05) is 38.1 Å². The normalized spacial score (nSPS) is 14.4. The topological polar surface area (TPSA) is 78.5 Å². The second-order valence-electron chi connectivity index (χ2n) is 6.31. The average molecular weight is 356 g/mol. The van der Waals surface area contributed by atoms with Crippen LogP contribution in [0, 0.1) is 13.8 Å². The van der Waals surface area contributed by atoms with Crippen LogP contribution in [0.3, 0.4) is 0 Å². The molecule has 0 spiro atoms. The van der Waals surface area contributed by atoms with Crippen molar-refractivity contribution in [3.63, 3.8) is 0 Å². The molecule has 3 rings (SSSR count). The number of carbonyl (C=O) groups excluding carboxylic acids is 2. The second-order valence-corrected chi connectivity index (χ2v) is 6.31. The highest BCUT2D eigenvalue weighted by Gasteiger charge is 2.28. The SMILES string of the molecule is CCOC(=O)c1c(C)[nH]c(C(=O)N2CCN(c3ccccn3)CC2)c1C. The number of hydrogen-bond acceptors (Lipinski definition) is 5. The van der Waals surface area contributed by atoms with Crippen molar-refractivity contribution in [2.75, 3.05) is 37.7 Å². The van der Waals surface area contributed by atoms with Crippen LogP contribution in [-0.4, -0.2) is 59.5 Å². The van der Waals surface area contributed by atoms with Crippen molar-refractivity contribution in [1.82, 2.24) is 14.9 Å². The van der Waals surface area contributed by atoms with Gasteiger partial charge in [-0.15, -0.1) is 0 Å². The molecule has 7 heteroatoms. The third-order valence-electron chi connectivity index (χ3n) is 4.67. The average Bonchev–Trinajstić information content (AvgIpc) is 2.96. The number of H-pyrrole nitrogens is 1. The molecular formula is C19H24N4O3. The number of anilines is 1. The molecule has 1 N–H and O–H groups in total. The van der Waals surface area contributed by atoms with Crippen LogP contribution in [0.1, 0.15) is 39.0 Å². The summed E-state index contributed by atoms with van der Waals surface area (Å²) in [7, 11) is 0. The number of pyridine rings is 1. The number of aromatic amines is 1. The molecule has 0 atom stereocenters. The molecule has 1 amide bonds. The zero-order chi connectivity index (χ0) is 18.7. The summed E-state index contributed by atoms with van der Waals surface area (Å²) in [6.07, 6.45) is 1.77. The molecule has 1 aliphatic heterocycles. The fourth-order valence-corrected chi connectivity index (χ4v) is 3.31. The van der Waals surface area contributed by atoms with Gasteiger partial charge in [0.2, 0.25) is 0 Å². The number of rotatable bonds is 4. The van der Waals surface area contributed by atoms with Crippen molar-refractivity contribution in [3.8, 4) is 0 Å². The molecule has 1 fully saturated rings. The molecule has 0 aliphatic carbocycles. The van der Waals surface area contributed by atoms with E-state index in [0.717, 1.165) is 18.9 Å². The van der Waals surface area contributed by atoms with E-state index >= 15 is 0 Å². The van der Waals surface area contributed by atoms with Crippen LogP contribution in [0.2, 0.25) is 0 Å².